The highest BCUT2D eigenvalue weighted by molar-refractivity contribution is 7.52. The second-order valence-electron chi connectivity index (χ2n) is 12.2. The summed E-state index contributed by atoms with van der Waals surface area (Å²) in [6, 6.07) is 36.0. The van der Waals surface area contributed by atoms with Gasteiger partial charge in [0.05, 0.1) is 5.41 Å². The molecule has 0 N–H and O–H groups in total. The Labute approximate surface area is 248 Å². The molecular weight excluding hydrogens is 539 g/mol. The number of hydrogen-bond acceptors (Lipinski definition) is 5. The maximum atomic E-state index is 13.2. The number of para-hydroxylation sites is 1. The fraction of sp³-hybridized carbons (Fsp3) is 0.250. The molecule has 2 aliphatic heterocycles. The molecule has 0 aromatic heterocycles. The number of carbonyl (C=O) groups excluding carboxylic acids is 1. The van der Waals surface area contributed by atoms with Crippen molar-refractivity contribution in [1.29, 1.82) is 0 Å². The van der Waals surface area contributed by atoms with E-state index in [4.69, 9.17) is 9.26 Å². The first-order valence-corrected chi connectivity index (χ1v) is 15.9. The Morgan fingerprint density at radius 3 is 2.02 bits per heavy atom. The first kappa shape index (κ1) is 26.9. The second kappa shape index (κ2) is 10.7. The highest BCUT2D eigenvalue weighted by Crippen LogP contribution is 2.58. The van der Waals surface area contributed by atoms with Crippen molar-refractivity contribution >= 4 is 41.7 Å². The van der Waals surface area contributed by atoms with Crippen LogP contribution in [0.15, 0.2) is 103 Å². The Morgan fingerprint density at radius 2 is 1.36 bits per heavy atom. The molecule has 0 radical (unpaired) electrons. The van der Waals surface area contributed by atoms with E-state index in [1.165, 1.54) is 18.5 Å². The van der Waals surface area contributed by atoms with Crippen LogP contribution in [0.4, 0.5) is 5.69 Å². The highest BCUT2D eigenvalue weighted by atomic mass is 31.2. The van der Waals surface area contributed by atoms with Gasteiger partial charge in [0.2, 0.25) is 0 Å². The van der Waals surface area contributed by atoms with Gasteiger partial charge < -0.3 is 13.9 Å². The van der Waals surface area contributed by atoms with Gasteiger partial charge in [-0.3, -0.25) is 4.79 Å². The average Bonchev–Trinajstić information content (AvgIpc) is 3.60. The summed E-state index contributed by atoms with van der Waals surface area (Å²) >= 11 is 0. The highest BCUT2D eigenvalue weighted by Gasteiger charge is 2.45. The summed E-state index contributed by atoms with van der Waals surface area (Å²) in [4.78, 5) is 13.2. The lowest BCUT2D eigenvalue weighted by molar-refractivity contribution is -0.142. The molecule has 5 aromatic carbocycles. The molecule has 2 fully saturated rings. The van der Waals surface area contributed by atoms with Gasteiger partial charge in [-0.25, -0.2) is 4.67 Å². The normalized spacial score (nSPS) is 18.9. The Kier molecular flexibility index (Phi) is 6.88. The van der Waals surface area contributed by atoms with E-state index in [9.17, 15) is 4.79 Å². The van der Waals surface area contributed by atoms with Crippen LogP contribution in [0.5, 0.6) is 11.5 Å². The lowest BCUT2D eigenvalue weighted by Crippen LogP contribution is -2.25. The first-order chi connectivity index (χ1) is 20.4. The molecule has 2 heterocycles. The van der Waals surface area contributed by atoms with Crippen LogP contribution < -0.4 is 13.9 Å². The van der Waals surface area contributed by atoms with E-state index in [-0.39, 0.29) is 5.97 Å². The van der Waals surface area contributed by atoms with Crippen molar-refractivity contribution < 1.29 is 14.1 Å². The number of esters is 1. The molecule has 5 aromatic rings. The van der Waals surface area contributed by atoms with Gasteiger partial charge in [0.15, 0.2) is 0 Å². The molecule has 0 amide bonds. The van der Waals surface area contributed by atoms with E-state index in [2.05, 4.69) is 88.2 Å². The lowest BCUT2D eigenvalue weighted by Gasteiger charge is -2.30. The molecule has 2 aliphatic rings. The molecule has 0 spiro atoms. The van der Waals surface area contributed by atoms with Crippen LogP contribution in [0.2, 0.25) is 0 Å². The number of hydrogen-bond donors (Lipinski definition) is 0. The predicted octanol–water partition coefficient (Wildman–Crippen LogP) is 9.20. The summed E-state index contributed by atoms with van der Waals surface area (Å²) in [7, 11) is -1.09. The molecule has 6 heteroatoms. The molecule has 0 saturated carbocycles. The SMILES string of the molecule is CC(C)(C)C(=O)Oc1ccc2ccccc2c1-c1c(O[P@]2N(c3ccccc3)C[C@@H]3CCCN32)ccc2ccccc12. The van der Waals surface area contributed by atoms with Crippen LogP contribution in [-0.2, 0) is 4.79 Å². The van der Waals surface area contributed by atoms with Gasteiger partial charge in [0, 0.05) is 35.9 Å². The summed E-state index contributed by atoms with van der Waals surface area (Å²) in [5.41, 5.74) is 2.38. The maximum absolute atomic E-state index is 13.2. The topological polar surface area (TPSA) is 42.0 Å². The van der Waals surface area contributed by atoms with E-state index in [0.717, 1.165) is 51.5 Å². The number of benzene rings is 5. The third-order valence-corrected chi connectivity index (χ3v) is 10.4. The summed E-state index contributed by atoms with van der Waals surface area (Å²) in [5.74, 6) is 1.09. The summed E-state index contributed by atoms with van der Waals surface area (Å²) in [6.07, 6.45) is 2.38. The fourth-order valence-corrected chi connectivity index (χ4v) is 8.31. The molecule has 0 unspecified atom stereocenters. The molecule has 2 atom stereocenters. The monoisotopic (exact) mass is 574 g/mol. The van der Waals surface area contributed by atoms with Gasteiger partial charge in [-0.05, 0) is 79.4 Å². The van der Waals surface area contributed by atoms with Gasteiger partial charge >= 0.3 is 5.97 Å². The number of nitrogens with zero attached hydrogens (tertiary/aromatic N) is 2. The van der Waals surface area contributed by atoms with Crippen LogP contribution in [0.3, 0.4) is 0 Å². The maximum Gasteiger partial charge on any atom is 0.316 e. The molecule has 0 aliphatic carbocycles. The van der Waals surface area contributed by atoms with E-state index in [0.29, 0.717) is 11.8 Å². The van der Waals surface area contributed by atoms with Gasteiger partial charge in [0.1, 0.15) is 11.5 Å². The van der Waals surface area contributed by atoms with Crippen molar-refractivity contribution in [3.63, 3.8) is 0 Å². The standard InChI is InChI=1S/C36H35N2O3P/c1-36(2,3)35(39)40-31-21-19-25-12-7-9-17-29(25)33(31)34-30-18-10-8-13-26(30)20-22-32(34)41-42-37-23-11-16-28(37)24-38(42)27-14-5-4-6-15-27/h4-10,12-15,17-22,28H,11,16,23-24H2,1-3H3/t28-,42-/m0/s1. The zero-order valence-corrected chi connectivity index (χ0v) is 25.2. The smallest absolute Gasteiger partial charge is 0.316 e. The van der Waals surface area contributed by atoms with Crippen LogP contribution in [0.1, 0.15) is 33.6 Å². The van der Waals surface area contributed by atoms with E-state index in [1.54, 1.807) is 0 Å². The lowest BCUT2D eigenvalue weighted by atomic mass is 9.92. The summed E-state index contributed by atoms with van der Waals surface area (Å²) < 4.78 is 18.4. The summed E-state index contributed by atoms with van der Waals surface area (Å²) in [5, 5.41) is 4.28. The largest absolute Gasteiger partial charge is 0.440 e. The zero-order chi connectivity index (χ0) is 28.8. The van der Waals surface area contributed by atoms with Crippen molar-refractivity contribution in [3.05, 3.63) is 103 Å². The number of fused-ring (bicyclic) bond motifs is 3. The minimum atomic E-state index is -1.09. The van der Waals surface area contributed by atoms with Crippen LogP contribution >= 0.6 is 8.45 Å². The van der Waals surface area contributed by atoms with E-state index in [1.807, 2.05) is 45.0 Å². The molecular formula is C36H35N2O3P. The fourth-order valence-electron chi connectivity index (χ4n) is 6.07. The minimum absolute atomic E-state index is 0.267. The van der Waals surface area contributed by atoms with E-state index < -0.39 is 13.9 Å². The molecule has 212 valence electrons. The zero-order valence-electron chi connectivity index (χ0n) is 24.3. The Hall–Kier alpha value is -3.92. The Balaban J connectivity index is 1.44. The van der Waals surface area contributed by atoms with Crippen molar-refractivity contribution in [1.82, 2.24) is 4.67 Å². The predicted molar refractivity (Wildman–Crippen MR) is 173 cm³/mol. The second-order valence-corrected chi connectivity index (χ2v) is 13.9. The summed E-state index contributed by atoms with van der Waals surface area (Å²) in [6.45, 7) is 7.65. The molecule has 5 nitrogen and oxygen atoms in total. The van der Waals surface area contributed by atoms with E-state index >= 15 is 0 Å². The van der Waals surface area contributed by atoms with Crippen molar-refractivity contribution in [3.8, 4) is 22.6 Å². The Morgan fingerprint density at radius 1 is 0.762 bits per heavy atom. The molecule has 0 bridgehead atoms. The van der Waals surface area contributed by atoms with Crippen LogP contribution in [0, 0.1) is 5.41 Å². The number of carbonyl (C=O) groups is 1. The molecule has 42 heavy (non-hydrogen) atoms. The Bertz CT molecular complexity index is 1780. The van der Waals surface area contributed by atoms with Gasteiger partial charge in [0.25, 0.3) is 8.45 Å². The van der Waals surface area contributed by atoms with Gasteiger partial charge in [-0.2, -0.15) is 0 Å². The average molecular weight is 575 g/mol. The minimum Gasteiger partial charge on any atom is -0.440 e. The van der Waals surface area contributed by atoms with Crippen LogP contribution in [-0.4, -0.2) is 29.8 Å². The number of anilines is 1. The van der Waals surface area contributed by atoms with Crippen molar-refractivity contribution in [2.24, 2.45) is 5.41 Å². The number of rotatable bonds is 5. The third-order valence-electron chi connectivity index (χ3n) is 8.24. The molecule has 7 rings (SSSR count). The molecule has 2 saturated heterocycles. The van der Waals surface area contributed by atoms with Gasteiger partial charge in [-0.1, -0.05) is 78.9 Å². The van der Waals surface area contributed by atoms with Crippen LogP contribution in [0.25, 0.3) is 32.7 Å². The van der Waals surface area contributed by atoms with Crippen molar-refractivity contribution in [2.45, 2.75) is 39.7 Å². The van der Waals surface area contributed by atoms with Gasteiger partial charge in [-0.15, -0.1) is 0 Å². The quantitative estimate of drug-likeness (QED) is 0.119. The third kappa shape index (κ3) is 4.81. The number of ether oxygens (including phenoxy) is 1. The van der Waals surface area contributed by atoms with Crippen molar-refractivity contribution in [2.75, 3.05) is 17.8 Å². The first-order valence-electron chi connectivity index (χ1n) is 14.7.